The summed E-state index contributed by atoms with van der Waals surface area (Å²) in [7, 11) is -3.69. The summed E-state index contributed by atoms with van der Waals surface area (Å²) in [6.07, 6.45) is 4.35. The molecule has 0 radical (unpaired) electrons. The third-order valence-electron chi connectivity index (χ3n) is 4.61. The highest BCUT2D eigenvalue weighted by molar-refractivity contribution is 9.10. The van der Waals surface area contributed by atoms with Gasteiger partial charge in [0.05, 0.1) is 0 Å². The minimum Gasteiger partial charge on any atom is -0.311 e. The summed E-state index contributed by atoms with van der Waals surface area (Å²) >= 11 is 3.30. The normalized spacial score (nSPS) is 14.4. The Kier molecular flexibility index (Phi) is 5.01. The van der Waals surface area contributed by atoms with Crippen LogP contribution in [0.1, 0.15) is 25.1 Å². The molecule has 0 saturated heterocycles. The first kappa shape index (κ1) is 18.2. The van der Waals surface area contributed by atoms with Crippen molar-refractivity contribution >= 4 is 31.6 Å². The van der Waals surface area contributed by atoms with Crippen LogP contribution in [0.5, 0.6) is 0 Å². The summed E-state index contributed by atoms with van der Waals surface area (Å²) in [4.78, 5) is 0.201. The number of anilines is 1. The summed E-state index contributed by atoms with van der Waals surface area (Å²) in [5.41, 5.74) is 1.34. The van der Waals surface area contributed by atoms with Crippen LogP contribution in [0, 0.1) is 0 Å². The molecule has 0 unspecified atom stereocenters. The fourth-order valence-electron chi connectivity index (χ4n) is 3.29. The second-order valence-electron chi connectivity index (χ2n) is 6.52. The van der Waals surface area contributed by atoms with Gasteiger partial charge >= 0.3 is 0 Å². The molecule has 1 aromatic heterocycles. The molecule has 2 aromatic carbocycles. The number of hydrogen-bond donors (Lipinski definition) is 1. The van der Waals surface area contributed by atoms with Crippen molar-refractivity contribution in [1.82, 2.24) is 14.8 Å². The third kappa shape index (κ3) is 3.77. The minimum absolute atomic E-state index is 0.201. The van der Waals surface area contributed by atoms with Crippen molar-refractivity contribution in [3.05, 3.63) is 58.8 Å². The number of benzene rings is 2. The average Bonchev–Trinajstić information content (AvgIpc) is 2.90. The van der Waals surface area contributed by atoms with Gasteiger partial charge in [-0.2, -0.15) is 0 Å². The molecule has 1 aliphatic heterocycles. The molecular formula is C19H19BrN4O2S. The number of hydrogen-bond acceptors (Lipinski definition) is 4. The lowest BCUT2D eigenvalue weighted by molar-refractivity contribution is 0.601. The molecule has 140 valence electrons. The van der Waals surface area contributed by atoms with E-state index in [1.807, 2.05) is 12.1 Å². The van der Waals surface area contributed by atoms with Crippen molar-refractivity contribution in [1.29, 1.82) is 0 Å². The molecule has 0 bridgehead atoms. The predicted molar refractivity (Wildman–Crippen MR) is 108 cm³/mol. The van der Waals surface area contributed by atoms with Gasteiger partial charge in [-0.1, -0.05) is 30.7 Å². The highest BCUT2D eigenvalue weighted by Crippen LogP contribution is 2.27. The lowest BCUT2D eigenvalue weighted by Crippen LogP contribution is -2.13. The van der Waals surface area contributed by atoms with Gasteiger partial charge in [-0.15, -0.1) is 10.2 Å². The van der Waals surface area contributed by atoms with E-state index in [2.05, 4.69) is 35.4 Å². The zero-order valence-electron chi connectivity index (χ0n) is 14.6. The smallest absolute Gasteiger partial charge is 0.263 e. The molecule has 8 heteroatoms. The van der Waals surface area contributed by atoms with E-state index in [4.69, 9.17) is 0 Å². The van der Waals surface area contributed by atoms with E-state index >= 15 is 0 Å². The fraction of sp³-hybridized carbons (Fsp3) is 0.263. The van der Waals surface area contributed by atoms with E-state index in [1.54, 1.807) is 36.4 Å². The minimum atomic E-state index is -3.69. The van der Waals surface area contributed by atoms with Crippen molar-refractivity contribution in [3.8, 4) is 11.4 Å². The lowest BCUT2D eigenvalue weighted by atomic mass is 10.2. The van der Waals surface area contributed by atoms with Crippen LogP contribution in [0.15, 0.2) is 57.9 Å². The Labute approximate surface area is 166 Å². The largest absolute Gasteiger partial charge is 0.311 e. The van der Waals surface area contributed by atoms with Crippen molar-refractivity contribution < 1.29 is 8.42 Å². The molecule has 0 fully saturated rings. The molecule has 0 aliphatic carbocycles. The number of rotatable bonds is 4. The van der Waals surface area contributed by atoms with E-state index in [0.717, 1.165) is 43.0 Å². The topological polar surface area (TPSA) is 76.9 Å². The lowest BCUT2D eigenvalue weighted by Gasteiger charge is -2.11. The molecule has 0 saturated carbocycles. The SMILES string of the molecule is O=S(=O)(Nc1cccc(-c2nnc3n2CCCCC3)c1)c1ccccc1Br. The molecule has 1 aliphatic rings. The highest BCUT2D eigenvalue weighted by atomic mass is 79.9. The van der Waals surface area contributed by atoms with E-state index < -0.39 is 10.0 Å². The Balaban J connectivity index is 1.66. The van der Waals surface area contributed by atoms with Crippen LogP contribution in [0.25, 0.3) is 11.4 Å². The van der Waals surface area contributed by atoms with Crippen LogP contribution in [0.4, 0.5) is 5.69 Å². The standard InChI is InChI=1S/C19H19BrN4O2S/c20-16-9-3-4-10-17(16)27(25,26)23-15-8-6-7-14(13-15)19-22-21-18-11-2-1-5-12-24(18)19/h3-4,6-10,13,23H,1-2,5,11-12H2. The molecule has 1 N–H and O–H groups in total. The van der Waals surface area contributed by atoms with Crippen LogP contribution < -0.4 is 4.72 Å². The molecule has 27 heavy (non-hydrogen) atoms. The average molecular weight is 447 g/mol. The van der Waals surface area contributed by atoms with E-state index in [1.165, 1.54) is 6.42 Å². The number of aryl methyl sites for hydroxylation is 1. The maximum atomic E-state index is 12.7. The summed E-state index contributed by atoms with van der Waals surface area (Å²) in [6, 6.07) is 14.0. The van der Waals surface area contributed by atoms with Gasteiger partial charge in [-0.3, -0.25) is 4.72 Å². The van der Waals surface area contributed by atoms with Crippen LogP contribution >= 0.6 is 15.9 Å². The number of aromatic nitrogens is 3. The Morgan fingerprint density at radius 3 is 2.70 bits per heavy atom. The Hall–Kier alpha value is -2.19. The maximum absolute atomic E-state index is 12.7. The predicted octanol–water partition coefficient (Wildman–Crippen LogP) is 4.23. The molecule has 6 nitrogen and oxygen atoms in total. The molecule has 4 rings (SSSR count). The first-order valence-electron chi connectivity index (χ1n) is 8.84. The molecule has 0 spiro atoms. The fourth-order valence-corrected chi connectivity index (χ4v) is 5.35. The van der Waals surface area contributed by atoms with E-state index in [-0.39, 0.29) is 4.90 Å². The molecular weight excluding hydrogens is 428 g/mol. The van der Waals surface area contributed by atoms with Crippen LogP contribution in [-0.4, -0.2) is 23.2 Å². The van der Waals surface area contributed by atoms with Gasteiger partial charge in [0.25, 0.3) is 10.0 Å². The second-order valence-corrected chi connectivity index (χ2v) is 9.02. The van der Waals surface area contributed by atoms with Crippen LogP contribution in [0.3, 0.4) is 0 Å². The van der Waals surface area contributed by atoms with Gasteiger partial charge in [0.1, 0.15) is 10.7 Å². The van der Waals surface area contributed by atoms with Crippen molar-refractivity contribution in [2.45, 2.75) is 37.1 Å². The van der Waals surface area contributed by atoms with Gasteiger partial charge < -0.3 is 4.57 Å². The van der Waals surface area contributed by atoms with Crippen molar-refractivity contribution in [3.63, 3.8) is 0 Å². The summed E-state index contributed by atoms with van der Waals surface area (Å²) < 4.78 is 30.8. The summed E-state index contributed by atoms with van der Waals surface area (Å²) in [5, 5.41) is 8.67. The maximum Gasteiger partial charge on any atom is 0.263 e. The van der Waals surface area contributed by atoms with Crippen molar-refractivity contribution in [2.24, 2.45) is 0 Å². The molecule has 2 heterocycles. The summed E-state index contributed by atoms with van der Waals surface area (Å²) in [5.74, 6) is 1.79. The number of halogens is 1. The van der Waals surface area contributed by atoms with Gasteiger partial charge in [0.2, 0.25) is 0 Å². The Bertz CT molecular complexity index is 1080. The van der Waals surface area contributed by atoms with Gasteiger partial charge in [0, 0.05) is 28.7 Å². The first-order valence-corrected chi connectivity index (χ1v) is 11.1. The quantitative estimate of drug-likeness (QED) is 0.649. The first-order chi connectivity index (χ1) is 13.0. The molecule has 3 aromatic rings. The van der Waals surface area contributed by atoms with Crippen LogP contribution in [0.2, 0.25) is 0 Å². The van der Waals surface area contributed by atoms with E-state index in [9.17, 15) is 8.42 Å². The zero-order valence-corrected chi connectivity index (χ0v) is 17.0. The highest BCUT2D eigenvalue weighted by Gasteiger charge is 2.19. The van der Waals surface area contributed by atoms with Gasteiger partial charge in [-0.05, 0) is 53.0 Å². The summed E-state index contributed by atoms with van der Waals surface area (Å²) in [6.45, 7) is 0.893. The monoisotopic (exact) mass is 446 g/mol. The number of nitrogens with one attached hydrogen (secondary N) is 1. The third-order valence-corrected chi connectivity index (χ3v) is 7.00. The van der Waals surface area contributed by atoms with Crippen molar-refractivity contribution in [2.75, 3.05) is 4.72 Å². The van der Waals surface area contributed by atoms with Gasteiger partial charge in [0.15, 0.2) is 5.82 Å². The van der Waals surface area contributed by atoms with E-state index in [0.29, 0.717) is 10.2 Å². The van der Waals surface area contributed by atoms with Gasteiger partial charge in [-0.25, -0.2) is 8.42 Å². The molecule has 0 amide bonds. The number of fused-ring (bicyclic) bond motifs is 1. The zero-order chi connectivity index (χ0) is 18.9. The Morgan fingerprint density at radius 2 is 1.85 bits per heavy atom. The molecule has 0 atom stereocenters. The van der Waals surface area contributed by atoms with Crippen LogP contribution in [-0.2, 0) is 23.0 Å². The number of sulfonamides is 1. The Morgan fingerprint density at radius 1 is 1.00 bits per heavy atom. The second kappa shape index (κ2) is 7.44. The number of nitrogens with zero attached hydrogens (tertiary/aromatic N) is 3.